The van der Waals surface area contributed by atoms with Crippen LogP contribution >= 0.6 is 11.8 Å². The summed E-state index contributed by atoms with van der Waals surface area (Å²) in [5, 5.41) is 9.70. The van der Waals surface area contributed by atoms with Crippen molar-refractivity contribution in [3.8, 4) is 0 Å². The number of nitrogens with two attached hydrogens (primary N) is 1. The molecular weight excluding hydrogens is 238 g/mol. The SMILES string of the molecule is Nc1ccc(Sc2cnccn2)c(C(=O)O)c1. The van der Waals surface area contributed by atoms with Gasteiger partial charge in [0.2, 0.25) is 0 Å². The highest BCUT2D eigenvalue weighted by molar-refractivity contribution is 7.99. The van der Waals surface area contributed by atoms with E-state index in [2.05, 4.69) is 9.97 Å². The Morgan fingerprint density at radius 2 is 2.18 bits per heavy atom. The van der Waals surface area contributed by atoms with Crippen molar-refractivity contribution in [3.05, 3.63) is 42.4 Å². The summed E-state index contributed by atoms with van der Waals surface area (Å²) in [5.74, 6) is -1.01. The summed E-state index contributed by atoms with van der Waals surface area (Å²) in [5.41, 5.74) is 6.15. The molecule has 0 radical (unpaired) electrons. The zero-order valence-electron chi connectivity index (χ0n) is 8.70. The zero-order chi connectivity index (χ0) is 12.3. The molecule has 6 heteroatoms. The lowest BCUT2D eigenvalue weighted by atomic mass is 10.2. The van der Waals surface area contributed by atoms with E-state index in [0.29, 0.717) is 15.6 Å². The molecule has 0 unspecified atom stereocenters. The summed E-state index contributed by atoms with van der Waals surface area (Å²) in [6.07, 6.45) is 4.69. The van der Waals surface area contributed by atoms with E-state index in [4.69, 9.17) is 10.8 Å². The van der Waals surface area contributed by atoms with Crippen LogP contribution in [0.15, 0.2) is 46.7 Å². The third-order valence-corrected chi connectivity index (χ3v) is 2.98. The van der Waals surface area contributed by atoms with Gasteiger partial charge in [-0.05, 0) is 18.2 Å². The fraction of sp³-hybridized carbons (Fsp3) is 0. The number of carbonyl (C=O) groups is 1. The van der Waals surface area contributed by atoms with E-state index in [1.165, 1.54) is 17.8 Å². The third kappa shape index (κ3) is 2.73. The number of aromatic nitrogens is 2. The predicted octanol–water partition coefficient (Wildman–Crippen LogP) is 1.91. The minimum Gasteiger partial charge on any atom is -0.478 e. The van der Waals surface area contributed by atoms with Crippen LogP contribution in [0.5, 0.6) is 0 Å². The van der Waals surface area contributed by atoms with E-state index in [-0.39, 0.29) is 5.56 Å². The van der Waals surface area contributed by atoms with Crippen LogP contribution in [0.4, 0.5) is 5.69 Å². The quantitative estimate of drug-likeness (QED) is 0.805. The fourth-order valence-electron chi connectivity index (χ4n) is 1.25. The summed E-state index contributed by atoms with van der Waals surface area (Å²) < 4.78 is 0. The van der Waals surface area contributed by atoms with Crippen molar-refractivity contribution in [2.75, 3.05) is 5.73 Å². The van der Waals surface area contributed by atoms with Gasteiger partial charge in [0.15, 0.2) is 0 Å². The van der Waals surface area contributed by atoms with Crippen LogP contribution in [0.25, 0.3) is 0 Å². The van der Waals surface area contributed by atoms with Gasteiger partial charge in [0.25, 0.3) is 0 Å². The highest BCUT2D eigenvalue weighted by atomic mass is 32.2. The lowest BCUT2D eigenvalue weighted by Gasteiger charge is -2.05. The van der Waals surface area contributed by atoms with Crippen molar-refractivity contribution in [3.63, 3.8) is 0 Å². The minimum atomic E-state index is -1.01. The zero-order valence-corrected chi connectivity index (χ0v) is 9.52. The molecule has 0 aliphatic heterocycles. The van der Waals surface area contributed by atoms with Crippen LogP contribution in [0.3, 0.4) is 0 Å². The van der Waals surface area contributed by atoms with Crippen LogP contribution in [0.2, 0.25) is 0 Å². The molecule has 1 aromatic heterocycles. The Balaban J connectivity index is 2.36. The number of benzene rings is 1. The number of nitrogen functional groups attached to an aromatic ring is 1. The molecule has 0 atom stereocenters. The highest BCUT2D eigenvalue weighted by Crippen LogP contribution is 2.29. The summed E-state index contributed by atoms with van der Waals surface area (Å²) >= 11 is 1.24. The molecule has 5 nitrogen and oxygen atoms in total. The molecule has 0 spiro atoms. The van der Waals surface area contributed by atoms with Gasteiger partial charge in [-0.2, -0.15) is 0 Å². The molecule has 1 heterocycles. The van der Waals surface area contributed by atoms with Crippen LogP contribution < -0.4 is 5.73 Å². The van der Waals surface area contributed by atoms with E-state index in [9.17, 15) is 4.79 Å². The standard InChI is InChI=1S/C11H9N3O2S/c12-7-1-2-9(8(5-7)11(15)16)17-10-6-13-3-4-14-10/h1-6H,12H2,(H,15,16). The van der Waals surface area contributed by atoms with Crippen LogP contribution in [-0.4, -0.2) is 21.0 Å². The van der Waals surface area contributed by atoms with E-state index < -0.39 is 5.97 Å². The Morgan fingerprint density at radius 1 is 1.35 bits per heavy atom. The molecule has 0 aliphatic rings. The number of hydrogen-bond donors (Lipinski definition) is 2. The summed E-state index contributed by atoms with van der Waals surface area (Å²) in [6, 6.07) is 4.75. The number of aromatic carboxylic acids is 1. The van der Waals surface area contributed by atoms with E-state index in [0.717, 1.165) is 0 Å². The molecule has 0 aliphatic carbocycles. The van der Waals surface area contributed by atoms with Gasteiger partial charge in [-0.25, -0.2) is 9.78 Å². The number of anilines is 1. The van der Waals surface area contributed by atoms with Gasteiger partial charge in [0, 0.05) is 23.0 Å². The van der Waals surface area contributed by atoms with Crippen molar-refractivity contribution in [2.24, 2.45) is 0 Å². The Bertz CT molecular complexity index is 546. The molecule has 2 aromatic rings. The van der Waals surface area contributed by atoms with Crippen molar-refractivity contribution in [1.82, 2.24) is 9.97 Å². The first kappa shape index (κ1) is 11.4. The average Bonchev–Trinajstić information content (AvgIpc) is 2.32. The topological polar surface area (TPSA) is 89.1 Å². The Kier molecular flexibility index (Phi) is 3.24. The van der Waals surface area contributed by atoms with Gasteiger partial charge >= 0.3 is 5.97 Å². The number of carboxylic acids is 1. The molecule has 1 aromatic carbocycles. The smallest absolute Gasteiger partial charge is 0.336 e. The van der Waals surface area contributed by atoms with E-state index in [1.54, 1.807) is 30.7 Å². The fourth-order valence-corrected chi connectivity index (χ4v) is 2.10. The molecule has 3 N–H and O–H groups in total. The lowest BCUT2D eigenvalue weighted by molar-refractivity contribution is 0.0693. The number of hydrogen-bond acceptors (Lipinski definition) is 5. The number of carboxylic acid groups (broad SMARTS) is 1. The van der Waals surface area contributed by atoms with Gasteiger partial charge in [0.1, 0.15) is 5.03 Å². The van der Waals surface area contributed by atoms with E-state index in [1.807, 2.05) is 0 Å². The summed E-state index contributed by atoms with van der Waals surface area (Å²) in [4.78, 5) is 19.6. The monoisotopic (exact) mass is 247 g/mol. The third-order valence-electron chi connectivity index (χ3n) is 1.99. The number of nitrogens with zero attached hydrogens (tertiary/aromatic N) is 2. The predicted molar refractivity (Wildman–Crippen MR) is 64.0 cm³/mol. The maximum atomic E-state index is 11.1. The van der Waals surface area contributed by atoms with Crippen molar-refractivity contribution in [1.29, 1.82) is 0 Å². The largest absolute Gasteiger partial charge is 0.478 e. The van der Waals surface area contributed by atoms with Gasteiger partial charge in [-0.1, -0.05) is 11.8 Å². The highest BCUT2D eigenvalue weighted by Gasteiger charge is 2.12. The van der Waals surface area contributed by atoms with Gasteiger partial charge in [0.05, 0.1) is 11.8 Å². The van der Waals surface area contributed by atoms with E-state index >= 15 is 0 Å². The number of rotatable bonds is 3. The summed E-state index contributed by atoms with van der Waals surface area (Å²) in [6.45, 7) is 0. The molecule has 86 valence electrons. The van der Waals surface area contributed by atoms with Crippen LogP contribution in [0.1, 0.15) is 10.4 Å². The molecule has 0 fully saturated rings. The molecule has 0 saturated heterocycles. The van der Waals surface area contributed by atoms with Crippen molar-refractivity contribution >= 4 is 23.4 Å². The summed E-state index contributed by atoms with van der Waals surface area (Å²) in [7, 11) is 0. The molecule has 0 amide bonds. The molecule has 0 bridgehead atoms. The van der Waals surface area contributed by atoms with Crippen molar-refractivity contribution < 1.29 is 9.90 Å². The first-order chi connectivity index (χ1) is 8.16. The molecule has 17 heavy (non-hydrogen) atoms. The first-order valence-electron chi connectivity index (χ1n) is 4.73. The Morgan fingerprint density at radius 3 is 2.82 bits per heavy atom. The van der Waals surface area contributed by atoms with Crippen molar-refractivity contribution in [2.45, 2.75) is 9.92 Å². The van der Waals surface area contributed by atoms with Gasteiger partial charge in [-0.3, -0.25) is 4.98 Å². The maximum absolute atomic E-state index is 11.1. The van der Waals surface area contributed by atoms with Crippen LogP contribution in [-0.2, 0) is 0 Å². The lowest BCUT2D eigenvalue weighted by Crippen LogP contribution is -2.00. The normalized spacial score (nSPS) is 10.1. The van der Waals surface area contributed by atoms with Crippen LogP contribution in [0, 0.1) is 0 Å². The minimum absolute atomic E-state index is 0.167. The molecule has 2 rings (SSSR count). The second-order valence-electron chi connectivity index (χ2n) is 3.21. The maximum Gasteiger partial charge on any atom is 0.336 e. The average molecular weight is 247 g/mol. The van der Waals surface area contributed by atoms with Gasteiger partial charge in [-0.15, -0.1) is 0 Å². The molecule has 0 saturated carbocycles. The van der Waals surface area contributed by atoms with Gasteiger partial charge < -0.3 is 10.8 Å². The first-order valence-corrected chi connectivity index (χ1v) is 5.55. The Labute approximate surface area is 102 Å². The second kappa shape index (κ2) is 4.84. The second-order valence-corrected chi connectivity index (χ2v) is 4.27. The Hall–Kier alpha value is -2.08. The molecular formula is C11H9N3O2S.